The van der Waals surface area contributed by atoms with E-state index in [1.54, 1.807) is 0 Å². The van der Waals surface area contributed by atoms with E-state index in [0.29, 0.717) is 0 Å². The average molecular weight is 299 g/mol. The maximum atomic E-state index is 12.3. The molecule has 0 radical (unpaired) electrons. The summed E-state index contributed by atoms with van der Waals surface area (Å²) in [6.07, 6.45) is -4.76. The summed E-state index contributed by atoms with van der Waals surface area (Å²) in [5, 5.41) is 8.61. The molecule has 0 fully saturated rings. The number of carbonyl (C=O) groups is 1. The van der Waals surface area contributed by atoms with Gasteiger partial charge in [-0.1, -0.05) is 15.9 Å². The van der Waals surface area contributed by atoms with Crippen LogP contribution >= 0.6 is 15.9 Å². The van der Waals surface area contributed by atoms with Crippen molar-refractivity contribution in [3.63, 3.8) is 0 Å². The summed E-state index contributed by atoms with van der Waals surface area (Å²) >= 11 is 3.02. The number of carboxylic acid groups (broad SMARTS) is 1. The average Bonchev–Trinajstić information content (AvgIpc) is 2.15. The van der Waals surface area contributed by atoms with Crippen molar-refractivity contribution in [1.29, 1.82) is 0 Å². The number of hydrogen-bond donors (Lipinski definition) is 1. The van der Waals surface area contributed by atoms with Gasteiger partial charge >= 0.3 is 12.1 Å². The molecule has 1 N–H and O–H groups in total. The molecule has 1 aromatic rings. The van der Waals surface area contributed by atoms with Crippen molar-refractivity contribution in [1.82, 2.24) is 9.97 Å². The first kappa shape index (κ1) is 12.9. The van der Waals surface area contributed by atoms with Crippen LogP contribution in [0.4, 0.5) is 13.2 Å². The summed E-state index contributed by atoms with van der Waals surface area (Å²) in [5.41, 5.74) is -0.705. The predicted molar refractivity (Wildman–Crippen MR) is 51.3 cm³/mol. The van der Waals surface area contributed by atoms with Crippen LogP contribution in [0.15, 0.2) is 6.07 Å². The van der Waals surface area contributed by atoms with Gasteiger partial charge < -0.3 is 5.11 Å². The highest BCUT2D eigenvalue weighted by Gasteiger charge is 2.36. The summed E-state index contributed by atoms with van der Waals surface area (Å²) in [4.78, 5) is 16.3. The molecule has 0 saturated carbocycles. The number of carboxylic acids is 1. The molecule has 0 saturated heterocycles. The number of halogens is 4. The van der Waals surface area contributed by atoms with Gasteiger partial charge in [-0.15, -0.1) is 0 Å². The van der Waals surface area contributed by atoms with Crippen molar-refractivity contribution in [2.75, 3.05) is 0 Å². The van der Waals surface area contributed by atoms with Crippen LogP contribution in [0.25, 0.3) is 0 Å². The molecule has 0 spiro atoms. The van der Waals surface area contributed by atoms with Crippen LogP contribution in [-0.2, 0) is 6.18 Å². The minimum atomic E-state index is -4.76. The largest absolute Gasteiger partial charge is 0.477 e. The Hall–Kier alpha value is -1.18. The lowest BCUT2D eigenvalue weighted by molar-refractivity contribution is -0.145. The van der Waals surface area contributed by atoms with E-state index in [1.807, 2.05) is 0 Å². The molecule has 0 aliphatic heterocycles. The van der Waals surface area contributed by atoms with E-state index in [-0.39, 0.29) is 5.69 Å². The van der Waals surface area contributed by atoms with Crippen LogP contribution in [0.1, 0.15) is 33.8 Å². The lowest BCUT2D eigenvalue weighted by Gasteiger charge is -2.09. The van der Waals surface area contributed by atoms with Crippen LogP contribution in [-0.4, -0.2) is 21.0 Å². The standard InChI is InChI=1S/C8H6BrF3N2O2/c1-3(9)4-2-5(6(15)16)14-7(13-4)8(10,11)12/h2-3H,1H3,(H,15,16). The van der Waals surface area contributed by atoms with Gasteiger partial charge in [0.05, 0.1) is 10.5 Å². The molecule has 1 heterocycles. The van der Waals surface area contributed by atoms with Crippen LogP contribution in [0, 0.1) is 0 Å². The first-order valence-electron chi connectivity index (χ1n) is 4.05. The number of nitrogens with zero attached hydrogens (tertiary/aromatic N) is 2. The monoisotopic (exact) mass is 298 g/mol. The van der Waals surface area contributed by atoms with Gasteiger partial charge in [-0.2, -0.15) is 13.2 Å². The Morgan fingerprint density at radius 2 is 2.06 bits per heavy atom. The Bertz CT molecular complexity index is 420. The number of hydrogen-bond acceptors (Lipinski definition) is 3. The third-order valence-electron chi connectivity index (χ3n) is 1.63. The molecular weight excluding hydrogens is 293 g/mol. The van der Waals surface area contributed by atoms with E-state index in [4.69, 9.17) is 5.11 Å². The second-order valence-corrected chi connectivity index (χ2v) is 4.29. The molecule has 8 heteroatoms. The van der Waals surface area contributed by atoms with Gasteiger partial charge in [-0.3, -0.25) is 0 Å². The zero-order valence-corrected chi connectivity index (χ0v) is 9.50. The van der Waals surface area contributed by atoms with Crippen LogP contribution in [0.3, 0.4) is 0 Å². The van der Waals surface area contributed by atoms with Crippen molar-refractivity contribution in [2.24, 2.45) is 0 Å². The smallest absolute Gasteiger partial charge is 0.451 e. The maximum Gasteiger partial charge on any atom is 0.451 e. The summed E-state index contributed by atoms with van der Waals surface area (Å²) in [6, 6.07) is 0.997. The Morgan fingerprint density at radius 3 is 2.44 bits per heavy atom. The van der Waals surface area contributed by atoms with Crippen molar-refractivity contribution in [2.45, 2.75) is 17.9 Å². The molecule has 1 atom stereocenters. The van der Waals surface area contributed by atoms with Crippen LogP contribution in [0.2, 0.25) is 0 Å². The normalized spacial score (nSPS) is 13.6. The SMILES string of the molecule is CC(Br)c1cc(C(=O)O)nc(C(F)(F)F)n1. The molecule has 0 aliphatic carbocycles. The van der Waals surface area contributed by atoms with Gasteiger partial charge in [0.2, 0.25) is 5.82 Å². The zero-order valence-electron chi connectivity index (χ0n) is 7.92. The van der Waals surface area contributed by atoms with E-state index in [1.165, 1.54) is 6.92 Å². The van der Waals surface area contributed by atoms with E-state index in [2.05, 4.69) is 25.9 Å². The third-order valence-corrected chi connectivity index (χ3v) is 2.10. The molecule has 0 amide bonds. The molecule has 1 aromatic heterocycles. The molecule has 16 heavy (non-hydrogen) atoms. The van der Waals surface area contributed by atoms with Crippen molar-refractivity contribution in [3.05, 3.63) is 23.3 Å². The summed E-state index contributed by atoms with van der Waals surface area (Å²) in [6.45, 7) is 1.54. The first-order chi connectivity index (χ1) is 7.21. The fraction of sp³-hybridized carbons (Fsp3) is 0.375. The second-order valence-electron chi connectivity index (χ2n) is 2.92. The Labute approximate surface area is 96.7 Å². The lowest BCUT2D eigenvalue weighted by atomic mass is 10.2. The van der Waals surface area contributed by atoms with E-state index >= 15 is 0 Å². The van der Waals surface area contributed by atoms with Crippen molar-refractivity contribution < 1.29 is 23.1 Å². The Morgan fingerprint density at radius 1 is 1.50 bits per heavy atom. The van der Waals surface area contributed by atoms with Gasteiger partial charge in [0.15, 0.2) is 5.69 Å². The van der Waals surface area contributed by atoms with E-state index in [9.17, 15) is 18.0 Å². The maximum absolute atomic E-state index is 12.3. The fourth-order valence-electron chi connectivity index (χ4n) is 0.906. The number of alkyl halides is 4. The third kappa shape index (κ3) is 2.91. The Kier molecular flexibility index (Phi) is 3.51. The van der Waals surface area contributed by atoms with Gasteiger partial charge in [-0.05, 0) is 13.0 Å². The van der Waals surface area contributed by atoms with Gasteiger partial charge in [0.1, 0.15) is 0 Å². The van der Waals surface area contributed by atoms with Crippen molar-refractivity contribution >= 4 is 21.9 Å². The van der Waals surface area contributed by atoms with Crippen molar-refractivity contribution in [3.8, 4) is 0 Å². The summed E-state index contributed by atoms with van der Waals surface area (Å²) < 4.78 is 37.0. The molecule has 1 rings (SSSR count). The molecule has 88 valence electrons. The van der Waals surface area contributed by atoms with E-state index in [0.717, 1.165) is 6.07 Å². The summed E-state index contributed by atoms with van der Waals surface area (Å²) in [5.74, 6) is -2.98. The highest BCUT2D eigenvalue weighted by molar-refractivity contribution is 9.09. The van der Waals surface area contributed by atoms with Crippen LogP contribution < -0.4 is 0 Å². The fourth-order valence-corrected chi connectivity index (χ4v) is 1.14. The van der Waals surface area contributed by atoms with Crippen LogP contribution in [0.5, 0.6) is 0 Å². The zero-order chi connectivity index (χ0) is 12.5. The minimum absolute atomic E-state index is 0.0280. The molecular formula is C8H6BrF3N2O2. The predicted octanol–water partition coefficient (Wildman–Crippen LogP) is 2.65. The molecule has 0 aromatic carbocycles. The molecule has 4 nitrogen and oxygen atoms in total. The lowest BCUT2D eigenvalue weighted by Crippen LogP contribution is -2.16. The molecule has 0 bridgehead atoms. The highest BCUT2D eigenvalue weighted by Crippen LogP contribution is 2.28. The second kappa shape index (κ2) is 4.36. The number of rotatable bonds is 2. The quantitative estimate of drug-likeness (QED) is 0.853. The number of aromatic nitrogens is 2. The Balaban J connectivity index is 3.36. The topological polar surface area (TPSA) is 63.1 Å². The summed E-state index contributed by atoms with van der Waals surface area (Å²) in [7, 11) is 0. The molecule has 1 unspecified atom stereocenters. The van der Waals surface area contributed by atoms with Gasteiger partial charge in [0.25, 0.3) is 0 Å². The van der Waals surface area contributed by atoms with E-state index < -0.39 is 28.5 Å². The highest BCUT2D eigenvalue weighted by atomic mass is 79.9. The first-order valence-corrected chi connectivity index (χ1v) is 4.97. The van der Waals surface area contributed by atoms with Gasteiger partial charge in [-0.25, -0.2) is 14.8 Å². The van der Waals surface area contributed by atoms with Gasteiger partial charge in [0, 0.05) is 0 Å². The molecule has 0 aliphatic rings. The number of aromatic carboxylic acids is 1. The minimum Gasteiger partial charge on any atom is -0.477 e.